The molecule has 21 heteroatoms. The average molecular weight is 1120 g/mol. The summed E-state index contributed by atoms with van der Waals surface area (Å²) in [5, 5.41) is 19.4. The van der Waals surface area contributed by atoms with E-state index in [1.54, 1.807) is 46.4 Å². The van der Waals surface area contributed by atoms with Crippen molar-refractivity contribution in [2.75, 3.05) is 32.2 Å². The second-order valence-corrected chi connectivity index (χ2v) is 19.4. The van der Waals surface area contributed by atoms with Gasteiger partial charge >= 0.3 is 12.4 Å². The smallest absolute Gasteiger partial charge is 0.451 e. The quantitative estimate of drug-likeness (QED) is 0.122. The summed E-state index contributed by atoms with van der Waals surface area (Å²) < 4.78 is 91.3. The van der Waals surface area contributed by atoms with E-state index in [0.717, 1.165) is 82.3 Å². The molecule has 2 aliphatic heterocycles. The number of aromatic nitrogens is 8. The normalized spacial score (nSPS) is 14.8. The molecule has 1 N–H and O–H groups in total. The monoisotopic (exact) mass is 1120 g/mol. The second-order valence-electron chi connectivity index (χ2n) is 19.0. The van der Waals surface area contributed by atoms with E-state index in [1.165, 1.54) is 4.57 Å². The van der Waals surface area contributed by atoms with Gasteiger partial charge in [0.25, 0.3) is 0 Å². The SMILES string of the molecule is CC1CNCc2nnc(C(F)(F)F)n21.[C-]#[N+]c1ccc(-c2cccc3c(OC)c(-c4ccc(Cl)cc4)cnc23)cc1.[C-]#[N+]c1ccc(-c2cccc3c(OC)c(-c4ccc(N5Cc6nnc(C(F)(F)F)n6C(C)C5)cc4)cnc23)cc1. The third kappa shape index (κ3) is 11.2. The van der Waals surface area contributed by atoms with Crippen molar-refractivity contribution in [1.82, 2.24) is 44.8 Å². The van der Waals surface area contributed by atoms with Gasteiger partial charge in [0.15, 0.2) is 17.2 Å². The molecule has 2 atom stereocenters. The van der Waals surface area contributed by atoms with Crippen LogP contribution >= 0.6 is 11.6 Å². The number of benzene rings is 6. The summed E-state index contributed by atoms with van der Waals surface area (Å²) in [6.07, 6.45) is -5.34. The highest BCUT2D eigenvalue weighted by Gasteiger charge is 2.42. The Balaban J connectivity index is 0.000000154. The Labute approximate surface area is 465 Å². The molecule has 0 saturated heterocycles. The number of anilines is 1. The standard InChI is InChI=1S/C30H23F3N6O.C23H15ClN2O.C7H9F3N4/c1-18-16-38(17-26-36-37-29(39(18)26)30(31,32)33)22-13-9-20(10-14-22)25-15-35-27-23(5-4-6-24(27)28(25)40-3)19-7-11-21(34-2)12-8-19;1-25-18-12-8-15(9-13-18)19-4-3-5-20-22(19)26-14-21(23(20)27-2)16-6-10-17(24)11-7-16;1-4-2-11-3-5-12-13-6(14(4)5)7(8,9)10/h4-15,18H,16-17H2,1,3H3;3-14H,2H3;4,11H,2-3H2,1H3. The van der Waals surface area contributed by atoms with Gasteiger partial charge in [0.05, 0.1) is 57.5 Å². The maximum Gasteiger partial charge on any atom is 0.451 e. The molecule has 14 nitrogen and oxygen atoms in total. The largest absolute Gasteiger partial charge is 0.495 e. The minimum absolute atomic E-state index is 0.229. The molecular formula is C60H47ClF6N12O2. The molecule has 0 amide bonds. The summed E-state index contributed by atoms with van der Waals surface area (Å²) in [5.41, 5.74) is 11.3. The molecule has 0 radical (unpaired) electrons. The van der Waals surface area contributed by atoms with Crippen LogP contribution < -0.4 is 19.7 Å². The van der Waals surface area contributed by atoms with Crippen molar-refractivity contribution in [2.45, 2.75) is 51.4 Å². The van der Waals surface area contributed by atoms with Crippen molar-refractivity contribution in [1.29, 1.82) is 0 Å². The zero-order chi connectivity index (χ0) is 57.2. The van der Waals surface area contributed by atoms with Crippen LogP contribution in [0.15, 0.2) is 146 Å². The molecule has 6 heterocycles. The first-order valence-corrected chi connectivity index (χ1v) is 25.6. The lowest BCUT2D eigenvalue weighted by molar-refractivity contribution is -0.149. The number of fused-ring (bicyclic) bond motifs is 4. The predicted octanol–water partition coefficient (Wildman–Crippen LogP) is 15.1. The van der Waals surface area contributed by atoms with Gasteiger partial charge < -0.3 is 28.8 Å². The van der Waals surface area contributed by atoms with Crippen LogP contribution in [0.2, 0.25) is 5.02 Å². The van der Waals surface area contributed by atoms with Gasteiger partial charge in [-0.25, -0.2) is 9.69 Å². The third-order valence-electron chi connectivity index (χ3n) is 13.9. The Morgan fingerprint density at radius 3 is 1.44 bits per heavy atom. The molecule has 0 fully saturated rings. The molecule has 6 aromatic carbocycles. The molecule has 0 bridgehead atoms. The van der Waals surface area contributed by atoms with E-state index < -0.39 is 30.0 Å². The number of para-hydroxylation sites is 2. The zero-order valence-corrected chi connectivity index (χ0v) is 44.5. The van der Waals surface area contributed by atoms with E-state index in [4.69, 9.17) is 44.2 Å². The van der Waals surface area contributed by atoms with Gasteiger partial charge in [-0.1, -0.05) is 109 Å². The van der Waals surface area contributed by atoms with Crippen LogP contribution in [-0.4, -0.2) is 66.8 Å². The fourth-order valence-electron chi connectivity index (χ4n) is 10.1. The highest BCUT2D eigenvalue weighted by Crippen LogP contribution is 2.42. The Kier molecular flexibility index (Phi) is 15.5. The summed E-state index contributed by atoms with van der Waals surface area (Å²) in [6, 6.07) is 41.6. The van der Waals surface area contributed by atoms with Crippen molar-refractivity contribution in [3.8, 4) is 56.0 Å². The average Bonchev–Trinajstić information content (AvgIpc) is 4.23. The number of nitrogens with one attached hydrogen (secondary N) is 1. The number of alkyl halides is 6. The molecule has 12 rings (SSSR count). The first-order chi connectivity index (χ1) is 39.0. The number of nitrogens with zero attached hydrogens (tertiary/aromatic N) is 11. The number of halogens is 7. The number of hydrogen-bond acceptors (Lipinski definition) is 10. The minimum Gasteiger partial charge on any atom is -0.495 e. The van der Waals surface area contributed by atoms with Gasteiger partial charge in [-0.05, 0) is 72.5 Å². The van der Waals surface area contributed by atoms with Crippen molar-refractivity contribution >= 4 is 50.5 Å². The topological polar surface area (TPSA) is 130 Å². The maximum atomic E-state index is 13.3. The molecular weight excluding hydrogens is 1070 g/mol. The Morgan fingerprint density at radius 2 is 0.988 bits per heavy atom. The Morgan fingerprint density at radius 1 is 0.556 bits per heavy atom. The Bertz CT molecular complexity index is 4000. The zero-order valence-electron chi connectivity index (χ0n) is 43.7. The number of pyridine rings is 2. The van der Waals surface area contributed by atoms with Gasteiger partial charge in [0.1, 0.15) is 17.3 Å². The van der Waals surface area contributed by atoms with E-state index >= 15 is 0 Å². The van der Waals surface area contributed by atoms with Crippen LogP contribution in [0.3, 0.4) is 0 Å². The number of rotatable bonds is 7. The van der Waals surface area contributed by atoms with Gasteiger partial charge in [-0.3, -0.25) is 9.97 Å². The van der Waals surface area contributed by atoms with E-state index in [9.17, 15) is 26.3 Å². The van der Waals surface area contributed by atoms with Crippen molar-refractivity contribution in [3.63, 3.8) is 0 Å². The van der Waals surface area contributed by atoms with Crippen molar-refractivity contribution in [3.05, 3.63) is 197 Å². The van der Waals surface area contributed by atoms with Gasteiger partial charge in [-0.15, -0.1) is 20.4 Å². The molecule has 0 saturated carbocycles. The molecule has 0 aliphatic carbocycles. The minimum atomic E-state index is -4.54. The van der Waals surface area contributed by atoms with Crippen LogP contribution in [0.25, 0.3) is 76.0 Å². The number of methoxy groups -OCH3 is 2. The highest BCUT2D eigenvalue weighted by atomic mass is 35.5. The molecule has 0 spiro atoms. The molecule has 2 aliphatic rings. The maximum absolute atomic E-state index is 13.3. The first-order valence-electron chi connectivity index (χ1n) is 25.2. The summed E-state index contributed by atoms with van der Waals surface area (Å²) in [5.74, 6) is 0.246. The van der Waals surface area contributed by atoms with Gasteiger partial charge in [0.2, 0.25) is 11.6 Å². The molecule has 4 aromatic heterocycles. The fourth-order valence-corrected chi connectivity index (χ4v) is 10.3. The highest BCUT2D eigenvalue weighted by molar-refractivity contribution is 6.30. The number of hydrogen-bond donors (Lipinski definition) is 1. The molecule has 2 unspecified atom stereocenters. The molecule has 10 aromatic rings. The summed E-state index contributed by atoms with van der Waals surface area (Å²) in [7, 11) is 3.30. The summed E-state index contributed by atoms with van der Waals surface area (Å²) >= 11 is 6.01. The van der Waals surface area contributed by atoms with Gasteiger partial charge in [0, 0.05) is 75.3 Å². The van der Waals surface area contributed by atoms with Crippen LogP contribution in [-0.2, 0) is 25.4 Å². The summed E-state index contributed by atoms with van der Waals surface area (Å²) in [6.45, 7) is 19.2. The second kappa shape index (κ2) is 22.8. The Hall–Kier alpha value is -9.37. The van der Waals surface area contributed by atoms with E-state index in [2.05, 4.69) is 35.4 Å². The molecule has 408 valence electrons. The predicted molar refractivity (Wildman–Crippen MR) is 298 cm³/mol. The van der Waals surface area contributed by atoms with Crippen LogP contribution in [0.1, 0.15) is 49.2 Å². The first kappa shape index (κ1) is 55.0. The van der Waals surface area contributed by atoms with Crippen LogP contribution in [0.4, 0.5) is 43.4 Å². The van der Waals surface area contributed by atoms with E-state index in [1.807, 2.05) is 132 Å². The van der Waals surface area contributed by atoms with E-state index in [-0.39, 0.29) is 18.4 Å². The fraction of sp³-hybridized carbons (Fsp3) is 0.200. The summed E-state index contributed by atoms with van der Waals surface area (Å²) in [4.78, 5) is 18.4. The van der Waals surface area contributed by atoms with Crippen molar-refractivity contribution < 1.29 is 35.8 Å². The van der Waals surface area contributed by atoms with E-state index in [0.29, 0.717) is 47.6 Å². The van der Waals surface area contributed by atoms with Crippen molar-refractivity contribution in [2.24, 2.45) is 0 Å². The third-order valence-corrected chi connectivity index (χ3v) is 14.1. The van der Waals surface area contributed by atoms with Crippen LogP contribution in [0.5, 0.6) is 11.5 Å². The lowest BCUT2D eigenvalue weighted by Gasteiger charge is -2.34. The van der Waals surface area contributed by atoms with Gasteiger partial charge in [-0.2, -0.15) is 26.3 Å². The van der Waals surface area contributed by atoms with Crippen LogP contribution in [0, 0.1) is 13.1 Å². The lowest BCUT2D eigenvalue weighted by atomic mass is 9.98. The molecule has 81 heavy (non-hydrogen) atoms. The number of ether oxygens (including phenoxy) is 2. The lowest BCUT2D eigenvalue weighted by Crippen LogP contribution is -2.37.